The molecule has 0 saturated carbocycles. The highest BCUT2D eigenvalue weighted by Gasteiger charge is 2.39. The van der Waals surface area contributed by atoms with E-state index in [1.54, 1.807) is 24.3 Å². The van der Waals surface area contributed by atoms with Crippen LogP contribution in [-0.4, -0.2) is 19.7 Å². The van der Waals surface area contributed by atoms with E-state index in [0.29, 0.717) is 16.1 Å². The quantitative estimate of drug-likeness (QED) is 0.335. The minimum absolute atomic E-state index is 0.0454. The number of hydrogen-bond donors (Lipinski definition) is 1. The maximum atomic E-state index is 13.9. The van der Waals surface area contributed by atoms with Gasteiger partial charge < -0.3 is 5.73 Å². The smallest absolute Gasteiger partial charge is 0.383 e. The average molecular weight is 498 g/mol. The van der Waals surface area contributed by atoms with Crippen LogP contribution in [0.2, 0.25) is 5.02 Å². The fourth-order valence-corrected chi connectivity index (χ4v) is 3.50. The van der Waals surface area contributed by atoms with Gasteiger partial charge in [0, 0.05) is 11.2 Å². The summed E-state index contributed by atoms with van der Waals surface area (Å²) in [4.78, 5) is 7.93. The number of alkyl halides is 6. The van der Waals surface area contributed by atoms with Crippen LogP contribution in [0.5, 0.6) is 0 Å². The Bertz CT molecular complexity index is 1310. The number of rotatable bonds is 4. The van der Waals surface area contributed by atoms with Crippen LogP contribution in [0.15, 0.2) is 61.1 Å². The molecular formula is C22H14ClF6N5. The van der Waals surface area contributed by atoms with Crippen LogP contribution in [0.3, 0.4) is 0 Å². The first-order valence-corrected chi connectivity index (χ1v) is 9.99. The van der Waals surface area contributed by atoms with Gasteiger partial charge in [-0.3, -0.25) is 4.68 Å². The Morgan fingerprint density at radius 2 is 1.50 bits per heavy atom. The van der Waals surface area contributed by atoms with E-state index in [1.807, 2.05) is 0 Å². The summed E-state index contributed by atoms with van der Waals surface area (Å²) in [6.07, 6.45) is -7.19. The molecule has 2 heterocycles. The van der Waals surface area contributed by atoms with E-state index in [4.69, 9.17) is 17.3 Å². The third kappa shape index (κ3) is 4.84. The topological polar surface area (TPSA) is 69.6 Å². The molecule has 2 N–H and O–H groups in total. The predicted molar refractivity (Wildman–Crippen MR) is 114 cm³/mol. The first-order chi connectivity index (χ1) is 15.9. The molecule has 0 amide bonds. The first kappa shape index (κ1) is 23.6. The average Bonchev–Trinajstić information content (AvgIpc) is 3.18. The van der Waals surface area contributed by atoms with Crippen LogP contribution in [0.4, 0.5) is 32.2 Å². The molecule has 0 fully saturated rings. The molecule has 0 spiro atoms. The lowest BCUT2D eigenvalue weighted by Crippen LogP contribution is -2.10. The van der Waals surface area contributed by atoms with Crippen molar-refractivity contribution in [2.75, 3.05) is 5.73 Å². The molecule has 0 aliphatic heterocycles. The van der Waals surface area contributed by atoms with Gasteiger partial charge in [-0.15, -0.1) is 0 Å². The Kier molecular flexibility index (Phi) is 5.98. The van der Waals surface area contributed by atoms with E-state index < -0.39 is 23.6 Å². The summed E-state index contributed by atoms with van der Waals surface area (Å²) in [7, 11) is 0. The van der Waals surface area contributed by atoms with Crippen molar-refractivity contribution >= 4 is 17.4 Å². The highest BCUT2D eigenvalue weighted by molar-refractivity contribution is 6.30. The number of nitrogen functional groups attached to an aromatic ring is 1. The summed E-state index contributed by atoms with van der Waals surface area (Å²) < 4.78 is 80.9. The van der Waals surface area contributed by atoms with E-state index >= 15 is 0 Å². The van der Waals surface area contributed by atoms with Crippen LogP contribution in [-0.2, 0) is 18.9 Å². The predicted octanol–water partition coefficient (Wildman–Crippen LogP) is 6.33. The Morgan fingerprint density at radius 1 is 0.853 bits per heavy atom. The monoisotopic (exact) mass is 497 g/mol. The lowest BCUT2D eigenvalue weighted by Gasteiger charge is -2.12. The summed E-state index contributed by atoms with van der Waals surface area (Å²) in [6, 6.07) is 10.3. The van der Waals surface area contributed by atoms with Gasteiger partial charge in [0.05, 0.1) is 28.9 Å². The van der Waals surface area contributed by atoms with Gasteiger partial charge in [-0.1, -0.05) is 35.9 Å². The molecule has 2 aromatic heterocycles. The zero-order valence-corrected chi connectivity index (χ0v) is 17.7. The first-order valence-electron chi connectivity index (χ1n) is 9.61. The van der Waals surface area contributed by atoms with Gasteiger partial charge >= 0.3 is 12.4 Å². The second kappa shape index (κ2) is 8.64. The third-order valence-corrected chi connectivity index (χ3v) is 5.17. The van der Waals surface area contributed by atoms with Gasteiger partial charge in [-0.2, -0.15) is 31.4 Å². The van der Waals surface area contributed by atoms with Crippen LogP contribution in [0, 0.1) is 0 Å². The number of nitrogens with zero attached hydrogens (tertiary/aromatic N) is 4. The number of hydrogen-bond acceptors (Lipinski definition) is 4. The highest BCUT2D eigenvalue weighted by Crippen LogP contribution is 2.41. The van der Waals surface area contributed by atoms with Crippen molar-refractivity contribution in [1.82, 2.24) is 19.7 Å². The second-order valence-electron chi connectivity index (χ2n) is 7.27. The van der Waals surface area contributed by atoms with Crippen molar-refractivity contribution in [2.45, 2.75) is 18.9 Å². The van der Waals surface area contributed by atoms with E-state index in [1.165, 1.54) is 12.1 Å². The fraction of sp³-hybridized carbons (Fsp3) is 0.136. The van der Waals surface area contributed by atoms with E-state index in [2.05, 4.69) is 15.1 Å². The summed E-state index contributed by atoms with van der Waals surface area (Å²) in [5.41, 5.74) is 4.40. The zero-order valence-electron chi connectivity index (χ0n) is 17.0. The fourth-order valence-electron chi connectivity index (χ4n) is 3.38. The molecular weight excluding hydrogens is 484 g/mol. The molecule has 34 heavy (non-hydrogen) atoms. The van der Waals surface area contributed by atoms with Crippen LogP contribution < -0.4 is 5.73 Å². The molecule has 0 unspecified atom stereocenters. The maximum Gasteiger partial charge on any atom is 0.435 e. The molecule has 2 aromatic carbocycles. The van der Waals surface area contributed by atoms with Gasteiger partial charge in [0.25, 0.3) is 0 Å². The molecule has 0 aliphatic carbocycles. The molecule has 0 radical (unpaired) electrons. The van der Waals surface area contributed by atoms with Crippen LogP contribution in [0.1, 0.15) is 16.8 Å². The Morgan fingerprint density at radius 3 is 2.09 bits per heavy atom. The van der Waals surface area contributed by atoms with Gasteiger partial charge in [0.2, 0.25) is 0 Å². The minimum atomic E-state index is -4.84. The van der Waals surface area contributed by atoms with Gasteiger partial charge in [0.15, 0.2) is 5.69 Å². The normalized spacial score (nSPS) is 12.2. The van der Waals surface area contributed by atoms with Gasteiger partial charge in [-0.25, -0.2) is 9.97 Å². The summed E-state index contributed by atoms with van der Waals surface area (Å²) in [5.74, 6) is -0.0454. The molecule has 0 saturated heterocycles. The molecule has 5 nitrogen and oxygen atoms in total. The van der Waals surface area contributed by atoms with Crippen molar-refractivity contribution in [1.29, 1.82) is 0 Å². The minimum Gasteiger partial charge on any atom is -0.383 e. The number of aromatic nitrogens is 4. The second-order valence-corrected chi connectivity index (χ2v) is 7.71. The maximum absolute atomic E-state index is 13.9. The van der Waals surface area contributed by atoms with Gasteiger partial charge in [-0.05, 0) is 35.4 Å². The largest absolute Gasteiger partial charge is 0.435 e. The standard InChI is InChI=1S/C22H14ClF6N5/c23-15-7-3-13(4-8-15)17-18(31-11-32-20(17)30)16-10-34(33-19(16)22(27,28)29)9-12-1-5-14(6-2-12)21(24,25)26/h1-8,10-11H,9H2,(H2,30,31,32). The number of anilines is 1. The van der Waals surface area contributed by atoms with Crippen molar-refractivity contribution < 1.29 is 26.3 Å². The van der Waals surface area contributed by atoms with E-state index in [-0.39, 0.29) is 29.2 Å². The van der Waals surface area contributed by atoms with E-state index in [9.17, 15) is 26.3 Å². The number of nitrogens with two attached hydrogens (primary N) is 1. The SMILES string of the molecule is Nc1ncnc(-c2cn(Cc3ccc(C(F)(F)F)cc3)nc2C(F)(F)F)c1-c1ccc(Cl)cc1. The van der Waals surface area contributed by atoms with Crippen molar-refractivity contribution in [3.05, 3.63) is 82.9 Å². The summed E-state index contributed by atoms with van der Waals surface area (Å²) >= 11 is 5.91. The summed E-state index contributed by atoms with van der Waals surface area (Å²) in [6.45, 7) is -0.196. The molecule has 0 aliphatic rings. The Balaban J connectivity index is 1.79. The molecule has 176 valence electrons. The third-order valence-electron chi connectivity index (χ3n) is 4.92. The Hall–Kier alpha value is -3.60. The molecule has 4 aromatic rings. The Labute approximate surface area is 193 Å². The zero-order chi connectivity index (χ0) is 24.7. The van der Waals surface area contributed by atoms with Crippen molar-refractivity contribution in [2.24, 2.45) is 0 Å². The number of benzene rings is 2. The number of halogens is 7. The van der Waals surface area contributed by atoms with E-state index in [0.717, 1.165) is 29.3 Å². The van der Waals surface area contributed by atoms with Crippen molar-refractivity contribution in [3.8, 4) is 22.4 Å². The lowest BCUT2D eigenvalue weighted by atomic mass is 10.00. The van der Waals surface area contributed by atoms with Gasteiger partial charge in [0.1, 0.15) is 12.1 Å². The molecule has 0 atom stereocenters. The molecule has 4 rings (SSSR count). The van der Waals surface area contributed by atoms with Crippen LogP contribution in [0.25, 0.3) is 22.4 Å². The lowest BCUT2D eigenvalue weighted by molar-refractivity contribution is -0.141. The molecule has 12 heteroatoms. The van der Waals surface area contributed by atoms with Crippen LogP contribution >= 0.6 is 11.6 Å². The highest BCUT2D eigenvalue weighted by atomic mass is 35.5. The van der Waals surface area contributed by atoms with Crippen molar-refractivity contribution in [3.63, 3.8) is 0 Å². The summed E-state index contributed by atoms with van der Waals surface area (Å²) in [5, 5.41) is 4.07. The molecule has 0 bridgehead atoms.